The number of hydrogen-bond acceptors (Lipinski definition) is 4. The fourth-order valence-electron chi connectivity index (χ4n) is 2.09. The van der Waals surface area contributed by atoms with Crippen LogP contribution in [0.5, 0.6) is 0 Å². The van der Waals surface area contributed by atoms with Crippen molar-refractivity contribution in [3.8, 4) is 0 Å². The molecule has 26 heavy (non-hydrogen) atoms. The Morgan fingerprint density at radius 3 is 2.38 bits per heavy atom. The molecule has 8 heteroatoms. The molecule has 2 N–H and O–H groups in total. The van der Waals surface area contributed by atoms with E-state index >= 15 is 0 Å². The zero-order chi connectivity index (χ0) is 19.3. The first-order valence-corrected chi connectivity index (χ1v) is 10.7. The SMILES string of the molecule is CSc1ccc(S(=O)(=O)NCc2ccc(F)cc2)cc1NC(=O)C(C)C. The summed E-state index contributed by atoms with van der Waals surface area (Å²) in [5.41, 5.74) is 1.10. The predicted molar refractivity (Wildman–Crippen MR) is 102 cm³/mol. The van der Waals surface area contributed by atoms with E-state index in [0.717, 1.165) is 4.90 Å². The van der Waals surface area contributed by atoms with E-state index in [-0.39, 0.29) is 29.1 Å². The highest BCUT2D eigenvalue weighted by atomic mass is 32.2. The van der Waals surface area contributed by atoms with Gasteiger partial charge in [0.1, 0.15) is 5.82 Å². The van der Waals surface area contributed by atoms with Crippen molar-refractivity contribution in [1.29, 1.82) is 0 Å². The number of rotatable bonds is 7. The molecule has 0 fully saturated rings. The van der Waals surface area contributed by atoms with Gasteiger partial charge in [0.05, 0.1) is 10.6 Å². The molecular formula is C18H21FN2O3S2. The molecule has 2 aromatic rings. The van der Waals surface area contributed by atoms with E-state index in [1.807, 2.05) is 6.26 Å². The van der Waals surface area contributed by atoms with Crippen LogP contribution in [0, 0.1) is 11.7 Å². The van der Waals surface area contributed by atoms with E-state index in [1.54, 1.807) is 19.9 Å². The molecule has 0 aliphatic rings. The molecule has 0 unspecified atom stereocenters. The molecule has 0 saturated heterocycles. The van der Waals surface area contributed by atoms with Crippen LogP contribution in [0.3, 0.4) is 0 Å². The molecule has 0 aromatic heterocycles. The van der Waals surface area contributed by atoms with Crippen molar-refractivity contribution in [3.05, 3.63) is 53.8 Å². The normalized spacial score (nSPS) is 11.6. The minimum absolute atomic E-state index is 0.0422. The summed E-state index contributed by atoms with van der Waals surface area (Å²) in [4.78, 5) is 12.8. The van der Waals surface area contributed by atoms with Crippen molar-refractivity contribution in [1.82, 2.24) is 4.72 Å². The standard InChI is InChI=1S/C18H21FN2O3S2/c1-12(2)18(22)21-16-10-15(8-9-17(16)25-3)26(23,24)20-11-13-4-6-14(19)7-5-13/h4-10,12,20H,11H2,1-3H3,(H,21,22). The first kappa shape index (κ1) is 20.4. The van der Waals surface area contributed by atoms with E-state index in [0.29, 0.717) is 11.3 Å². The molecule has 0 heterocycles. The smallest absolute Gasteiger partial charge is 0.240 e. The summed E-state index contributed by atoms with van der Waals surface area (Å²) in [6, 6.07) is 10.2. The highest BCUT2D eigenvalue weighted by Gasteiger charge is 2.17. The van der Waals surface area contributed by atoms with Gasteiger partial charge in [-0.05, 0) is 42.2 Å². The van der Waals surface area contributed by atoms with E-state index in [2.05, 4.69) is 10.0 Å². The number of benzene rings is 2. The van der Waals surface area contributed by atoms with Crippen molar-refractivity contribution in [2.24, 2.45) is 5.92 Å². The first-order chi connectivity index (χ1) is 12.2. The summed E-state index contributed by atoms with van der Waals surface area (Å²) >= 11 is 1.41. The molecule has 0 radical (unpaired) electrons. The summed E-state index contributed by atoms with van der Waals surface area (Å²) in [7, 11) is -3.78. The van der Waals surface area contributed by atoms with Crippen LogP contribution in [-0.2, 0) is 21.4 Å². The average molecular weight is 397 g/mol. The van der Waals surface area contributed by atoms with Crippen LogP contribution < -0.4 is 10.0 Å². The Bertz CT molecular complexity index is 882. The van der Waals surface area contributed by atoms with Gasteiger partial charge in [-0.15, -0.1) is 11.8 Å². The fraction of sp³-hybridized carbons (Fsp3) is 0.278. The third-order valence-electron chi connectivity index (χ3n) is 3.64. The van der Waals surface area contributed by atoms with Gasteiger partial charge in [-0.2, -0.15) is 0 Å². The van der Waals surface area contributed by atoms with Gasteiger partial charge in [0, 0.05) is 17.4 Å². The molecule has 0 spiro atoms. The number of amides is 1. The number of anilines is 1. The number of halogens is 1. The summed E-state index contributed by atoms with van der Waals surface area (Å²) in [5, 5.41) is 2.76. The van der Waals surface area contributed by atoms with Gasteiger partial charge in [0.2, 0.25) is 15.9 Å². The largest absolute Gasteiger partial charge is 0.325 e. The molecule has 2 rings (SSSR count). The summed E-state index contributed by atoms with van der Waals surface area (Å²) < 4.78 is 40.5. The van der Waals surface area contributed by atoms with Gasteiger partial charge in [-0.3, -0.25) is 4.79 Å². The van der Waals surface area contributed by atoms with Crippen molar-refractivity contribution >= 4 is 33.4 Å². The van der Waals surface area contributed by atoms with E-state index in [1.165, 1.54) is 48.2 Å². The number of nitrogens with one attached hydrogen (secondary N) is 2. The summed E-state index contributed by atoms with van der Waals surface area (Å²) in [6.45, 7) is 3.57. The molecule has 0 bridgehead atoms. The van der Waals surface area contributed by atoms with Crippen LogP contribution in [0.25, 0.3) is 0 Å². The van der Waals surface area contributed by atoms with E-state index in [4.69, 9.17) is 0 Å². The Morgan fingerprint density at radius 2 is 1.81 bits per heavy atom. The highest BCUT2D eigenvalue weighted by Crippen LogP contribution is 2.28. The van der Waals surface area contributed by atoms with Crippen molar-refractivity contribution in [2.75, 3.05) is 11.6 Å². The Balaban J connectivity index is 2.22. The minimum atomic E-state index is -3.78. The van der Waals surface area contributed by atoms with E-state index in [9.17, 15) is 17.6 Å². The van der Waals surface area contributed by atoms with Crippen molar-refractivity contribution in [3.63, 3.8) is 0 Å². The fourth-order valence-corrected chi connectivity index (χ4v) is 3.67. The van der Waals surface area contributed by atoms with Gasteiger partial charge < -0.3 is 5.32 Å². The molecule has 5 nitrogen and oxygen atoms in total. The zero-order valence-corrected chi connectivity index (χ0v) is 16.4. The van der Waals surface area contributed by atoms with Crippen LogP contribution in [0.2, 0.25) is 0 Å². The molecule has 0 aliphatic heterocycles. The number of hydrogen-bond donors (Lipinski definition) is 2. The minimum Gasteiger partial charge on any atom is -0.325 e. The van der Waals surface area contributed by atoms with E-state index < -0.39 is 10.0 Å². The van der Waals surface area contributed by atoms with Gasteiger partial charge in [0.15, 0.2) is 0 Å². The lowest BCUT2D eigenvalue weighted by atomic mass is 10.2. The van der Waals surface area contributed by atoms with Gasteiger partial charge in [-0.25, -0.2) is 17.5 Å². The quantitative estimate of drug-likeness (QED) is 0.701. The first-order valence-electron chi connectivity index (χ1n) is 7.96. The molecule has 0 saturated carbocycles. The molecule has 2 aromatic carbocycles. The van der Waals surface area contributed by atoms with Crippen LogP contribution in [0.15, 0.2) is 52.3 Å². The number of carbonyl (C=O) groups is 1. The predicted octanol–water partition coefficient (Wildman–Crippen LogP) is 3.62. The lowest BCUT2D eigenvalue weighted by molar-refractivity contribution is -0.118. The highest BCUT2D eigenvalue weighted by molar-refractivity contribution is 7.98. The number of sulfonamides is 1. The van der Waals surface area contributed by atoms with Crippen LogP contribution in [-0.4, -0.2) is 20.6 Å². The second-order valence-corrected chi connectivity index (χ2v) is 8.57. The number of thioether (sulfide) groups is 1. The van der Waals surface area contributed by atoms with Crippen LogP contribution in [0.4, 0.5) is 10.1 Å². The third-order valence-corrected chi connectivity index (χ3v) is 5.84. The molecular weight excluding hydrogens is 375 g/mol. The lowest BCUT2D eigenvalue weighted by Gasteiger charge is -2.14. The Kier molecular flexibility index (Phi) is 6.80. The second-order valence-electron chi connectivity index (χ2n) is 5.96. The molecule has 140 valence electrons. The topological polar surface area (TPSA) is 75.3 Å². The summed E-state index contributed by atoms with van der Waals surface area (Å²) in [5.74, 6) is -0.787. The van der Waals surface area contributed by atoms with Crippen molar-refractivity contribution in [2.45, 2.75) is 30.2 Å². The molecule has 0 aliphatic carbocycles. The molecule has 1 amide bonds. The molecule has 0 atom stereocenters. The van der Waals surface area contributed by atoms with Crippen LogP contribution >= 0.6 is 11.8 Å². The Hall–Kier alpha value is -1.90. The van der Waals surface area contributed by atoms with Crippen LogP contribution in [0.1, 0.15) is 19.4 Å². The van der Waals surface area contributed by atoms with Gasteiger partial charge in [-0.1, -0.05) is 26.0 Å². The van der Waals surface area contributed by atoms with Gasteiger partial charge in [0.25, 0.3) is 0 Å². The van der Waals surface area contributed by atoms with Crippen molar-refractivity contribution < 1.29 is 17.6 Å². The monoisotopic (exact) mass is 396 g/mol. The summed E-state index contributed by atoms with van der Waals surface area (Å²) in [6.07, 6.45) is 1.85. The maximum atomic E-state index is 12.9. The maximum Gasteiger partial charge on any atom is 0.240 e. The van der Waals surface area contributed by atoms with Gasteiger partial charge >= 0.3 is 0 Å². The third kappa shape index (κ3) is 5.30. The maximum absolute atomic E-state index is 12.9. The second kappa shape index (κ2) is 8.66. The zero-order valence-electron chi connectivity index (χ0n) is 14.7. The average Bonchev–Trinajstić information content (AvgIpc) is 2.61. The number of carbonyl (C=O) groups excluding carboxylic acids is 1. The lowest BCUT2D eigenvalue weighted by Crippen LogP contribution is -2.24. The Labute approximate surface area is 157 Å². The Morgan fingerprint density at radius 1 is 1.15 bits per heavy atom.